The Balaban J connectivity index is 3.15. The van der Waals surface area contributed by atoms with Crippen molar-refractivity contribution in [2.45, 2.75) is 4.90 Å². The van der Waals surface area contributed by atoms with Gasteiger partial charge in [-0.25, -0.2) is 4.39 Å². The van der Waals surface area contributed by atoms with Gasteiger partial charge in [0.25, 0.3) is 0 Å². The third-order valence-electron chi connectivity index (χ3n) is 1.16. The molecule has 0 atom stereocenters. The lowest BCUT2D eigenvalue weighted by molar-refractivity contribution is 0.621. The highest BCUT2D eigenvalue weighted by Crippen LogP contribution is 2.17. The van der Waals surface area contributed by atoms with Crippen LogP contribution in [0.25, 0.3) is 0 Å². The van der Waals surface area contributed by atoms with Crippen molar-refractivity contribution in [3.8, 4) is 6.07 Å². The minimum absolute atomic E-state index is 0.0518. The lowest BCUT2D eigenvalue weighted by Gasteiger charge is -1.94. The van der Waals surface area contributed by atoms with E-state index in [1.54, 1.807) is 6.07 Å². The maximum atomic E-state index is 12.6. The van der Waals surface area contributed by atoms with Gasteiger partial charge in [0.15, 0.2) is 0 Å². The molecule has 0 unspecified atom stereocenters. The number of nitrogens with zero attached hydrogens (tertiary/aromatic N) is 1. The zero-order valence-corrected chi connectivity index (χ0v) is 6.23. The number of hydrogen-bond acceptors (Lipinski definition) is 3. The Kier molecular flexibility index (Phi) is 2.47. The summed E-state index contributed by atoms with van der Waals surface area (Å²) in [5.41, 5.74) is -0.0518. The molecule has 0 saturated heterocycles. The predicted molar refractivity (Wildman–Crippen MR) is 39.6 cm³/mol. The SMILES string of the molecule is N#Cc1cc(SO)ccc1F. The smallest absolute Gasteiger partial charge is 0.141 e. The molecule has 1 aromatic carbocycles. The quantitative estimate of drug-likeness (QED) is 0.656. The summed E-state index contributed by atoms with van der Waals surface area (Å²) in [5.74, 6) is -0.565. The van der Waals surface area contributed by atoms with Crippen LogP contribution in [0.1, 0.15) is 5.56 Å². The van der Waals surface area contributed by atoms with Crippen molar-refractivity contribution in [2.24, 2.45) is 0 Å². The maximum Gasteiger partial charge on any atom is 0.141 e. The first-order valence-corrected chi connectivity index (χ1v) is 3.56. The molecule has 0 amide bonds. The minimum atomic E-state index is -0.565. The van der Waals surface area contributed by atoms with E-state index in [2.05, 4.69) is 0 Å². The highest BCUT2D eigenvalue weighted by Gasteiger charge is 2.01. The van der Waals surface area contributed by atoms with Crippen molar-refractivity contribution in [2.75, 3.05) is 0 Å². The summed E-state index contributed by atoms with van der Waals surface area (Å²) in [7, 11) is 0. The van der Waals surface area contributed by atoms with Crippen molar-refractivity contribution in [3.05, 3.63) is 29.6 Å². The fraction of sp³-hybridized carbons (Fsp3) is 0. The van der Waals surface area contributed by atoms with Gasteiger partial charge in [-0.2, -0.15) is 5.26 Å². The monoisotopic (exact) mass is 169 g/mol. The fourth-order valence-corrected chi connectivity index (χ4v) is 0.946. The molecule has 1 rings (SSSR count). The summed E-state index contributed by atoms with van der Waals surface area (Å²) in [6, 6.07) is 5.52. The van der Waals surface area contributed by atoms with Gasteiger partial charge in [-0.15, -0.1) is 0 Å². The molecule has 0 aliphatic rings. The average molecular weight is 169 g/mol. The molecule has 11 heavy (non-hydrogen) atoms. The molecule has 0 fully saturated rings. The first-order valence-electron chi connectivity index (χ1n) is 2.79. The highest BCUT2D eigenvalue weighted by molar-refractivity contribution is 7.93. The van der Waals surface area contributed by atoms with Gasteiger partial charge in [0.1, 0.15) is 11.9 Å². The van der Waals surface area contributed by atoms with Crippen molar-refractivity contribution < 1.29 is 8.94 Å². The predicted octanol–water partition coefficient (Wildman–Crippen LogP) is 2.26. The van der Waals surface area contributed by atoms with E-state index in [-0.39, 0.29) is 5.56 Å². The van der Waals surface area contributed by atoms with Crippen LogP contribution in [-0.2, 0) is 0 Å². The molecule has 1 aromatic rings. The lowest BCUT2D eigenvalue weighted by atomic mass is 10.2. The Morgan fingerprint density at radius 3 is 2.82 bits per heavy atom. The number of nitriles is 1. The molecule has 4 heteroatoms. The Morgan fingerprint density at radius 1 is 1.55 bits per heavy atom. The summed E-state index contributed by atoms with van der Waals surface area (Å²) in [5, 5.41) is 8.36. The number of hydrogen-bond donors (Lipinski definition) is 1. The summed E-state index contributed by atoms with van der Waals surface area (Å²) >= 11 is 0.489. The largest absolute Gasteiger partial charge is 0.325 e. The van der Waals surface area contributed by atoms with E-state index >= 15 is 0 Å². The first kappa shape index (κ1) is 8.05. The second-order valence-corrected chi connectivity index (χ2v) is 2.50. The molecule has 0 saturated carbocycles. The van der Waals surface area contributed by atoms with Gasteiger partial charge in [-0.05, 0) is 18.2 Å². The molecule has 0 heterocycles. The van der Waals surface area contributed by atoms with Crippen LogP contribution in [0.3, 0.4) is 0 Å². The van der Waals surface area contributed by atoms with Crippen molar-refractivity contribution in [1.82, 2.24) is 0 Å². The molecular weight excluding hydrogens is 165 g/mol. The number of rotatable bonds is 1. The van der Waals surface area contributed by atoms with Crippen molar-refractivity contribution in [3.63, 3.8) is 0 Å². The van der Waals surface area contributed by atoms with E-state index in [4.69, 9.17) is 9.81 Å². The zero-order chi connectivity index (χ0) is 8.27. The molecule has 0 radical (unpaired) electrons. The summed E-state index contributed by atoms with van der Waals surface area (Å²) in [6.45, 7) is 0. The van der Waals surface area contributed by atoms with Gasteiger partial charge in [0.05, 0.1) is 5.56 Å². The molecular formula is C7H4FNOS. The Labute approximate surface area is 67.5 Å². The summed E-state index contributed by atoms with van der Waals surface area (Å²) in [4.78, 5) is 0.461. The van der Waals surface area contributed by atoms with Crippen LogP contribution in [0.4, 0.5) is 4.39 Å². The topological polar surface area (TPSA) is 44.0 Å². The molecule has 0 aliphatic heterocycles. The van der Waals surface area contributed by atoms with Crippen LogP contribution in [0, 0.1) is 17.1 Å². The first-order chi connectivity index (χ1) is 5.27. The van der Waals surface area contributed by atoms with Crippen LogP contribution < -0.4 is 0 Å². The average Bonchev–Trinajstić information content (AvgIpc) is 2.05. The highest BCUT2D eigenvalue weighted by atomic mass is 32.2. The molecule has 0 aliphatic carbocycles. The number of benzene rings is 1. The van der Waals surface area contributed by atoms with E-state index < -0.39 is 5.82 Å². The van der Waals surface area contributed by atoms with E-state index in [9.17, 15) is 4.39 Å². The van der Waals surface area contributed by atoms with Gasteiger partial charge in [0.2, 0.25) is 0 Å². The second-order valence-electron chi connectivity index (χ2n) is 1.84. The number of halogens is 1. The Bertz CT molecular complexity index is 308. The maximum absolute atomic E-state index is 12.6. The summed E-state index contributed by atoms with van der Waals surface area (Å²) in [6.07, 6.45) is 0. The van der Waals surface area contributed by atoms with Crippen LogP contribution in [0.5, 0.6) is 0 Å². The standard InChI is InChI=1S/C7H4FNOS/c8-7-2-1-6(11-10)3-5(7)4-9/h1-3,10H. The lowest BCUT2D eigenvalue weighted by Crippen LogP contribution is -1.82. The van der Waals surface area contributed by atoms with Crippen LogP contribution in [0.2, 0.25) is 0 Å². The fourth-order valence-electron chi connectivity index (χ4n) is 0.647. The third-order valence-corrected chi connectivity index (χ3v) is 1.63. The second kappa shape index (κ2) is 3.37. The van der Waals surface area contributed by atoms with Gasteiger partial charge in [0, 0.05) is 16.9 Å². The van der Waals surface area contributed by atoms with Gasteiger partial charge in [-0.1, -0.05) is 0 Å². The van der Waals surface area contributed by atoms with Crippen LogP contribution >= 0.6 is 12.0 Å². The normalized spacial score (nSPS) is 9.18. The Morgan fingerprint density at radius 2 is 2.27 bits per heavy atom. The minimum Gasteiger partial charge on any atom is -0.325 e. The van der Waals surface area contributed by atoms with Gasteiger partial charge >= 0.3 is 0 Å². The van der Waals surface area contributed by atoms with Crippen molar-refractivity contribution in [1.29, 1.82) is 5.26 Å². The Hall–Kier alpha value is -1.05. The zero-order valence-electron chi connectivity index (χ0n) is 5.41. The third kappa shape index (κ3) is 1.70. The molecule has 56 valence electrons. The molecule has 2 nitrogen and oxygen atoms in total. The molecule has 0 aromatic heterocycles. The van der Waals surface area contributed by atoms with E-state index in [0.717, 1.165) is 6.07 Å². The summed E-state index contributed by atoms with van der Waals surface area (Å²) < 4.78 is 21.1. The molecule has 0 bridgehead atoms. The molecule has 1 N–H and O–H groups in total. The van der Waals surface area contributed by atoms with E-state index in [1.807, 2.05) is 0 Å². The van der Waals surface area contributed by atoms with E-state index in [1.165, 1.54) is 12.1 Å². The van der Waals surface area contributed by atoms with Gasteiger partial charge < -0.3 is 4.55 Å². The molecule has 0 spiro atoms. The van der Waals surface area contributed by atoms with Crippen LogP contribution in [-0.4, -0.2) is 4.55 Å². The van der Waals surface area contributed by atoms with Crippen LogP contribution in [0.15, 0.2) is 23.1 Å². The van der Waals surface area contributed by atoms with E-state index in [0.29, 0.717) is 16.9 Å². The van der Waals surface area contributed by atoms with Crippen molar-refractivity contribution >= 4 is 12.0 Å². The van der Waals surface area contributed by atoms with Gasteiger partial charge in [-0.3, -0.25) is 0 Å².